The number of halogens is 3. The van der Waals surface area contributed by atoms with E-state index in [2.05, 4.69) is 4.74 Å². The molecule has 0 aliphatic carbocycles. The van der Waals surface area contributed by atoms with E-state index in [0.29, 0.717) is 0 Å². The van der Waals surface area contributed by atoms with Gasteiger partial charge in [0, 0.05) is 0 Å². The van der Waals surface area contributed by atoms with E-state index in [1.807, 2.05) is 0 Å². The Morgan fingerprint density at radius 2 is 2.00 bits per heavy atom. The lowest BCUT2D eigenvalue weighted by atomic mass is 9.99. The topological polar surface area (TPSA) is 26.3 Å². The summed E-state index contributed by atoms with van der Waals surface area (Å²) >= 11 is 0. The average Bonchev–Trinajstić information content (AvgIpc) is 2.25. The summed E-state index contributed by atoms with van der Waals surface area (Å²) in [5.74, 6) is -0.970. The standard InChI is InChI=1S/C11H11F3O2/c1-3-7-5-4-6-8(10(15)16-2)9(7)11(12,13)14/h4-6H,3H2,1-2H3. The van der Waals surface area contributed by atoms with Gasteiger partial charge in [0.15, 0.2) is 0 Å². The Balaban J connectivity index is 3.44. The van der Waals surface area contributed by atoms with Crippen LogP contribution in [0.1, 0.15) is 28.4 Å². The lowest BCUT2D eigenvalue weighted by molar-refractivity contribution is -0.138. The predicted octanol–water partition coefficient (Wildman–Crippen LogP) is 3.05. The van der Waals surface area contributed by atoms with Crippen molar-refractivity contribution in [1.29, 1.82) is 0 Å². The van der Waals surface area contributed by atoms with Crippen molar-refractivity contribution < 1.29 is 22.7 Å². The third-order valence-electron chi connectivity index (χ3n) is 2.22. The molecule has 0 aliphatic rings. The lowest BCUT2D eigenvalue weighted by Crippen LogP contribution is -2.16. The molecule has 0 heterocycles. The highest BCUT2D eigenvalue weighted by Gasteiger charge is 2.37. The fraction of sp³-hybridized carbons (Fsp3) is 0.364. The molecule has 0 aromatic heterocycles. The van der Waals surface area contributed by atoms with Crippen LogP contribution < -0.4 is 0 Å². The van der Waals surface area contributed by atoms with Gasteiger partial charge in [0.05, 0.1) is 18.2 Å². The van der Waals surface area contributed by atoms with Gasteiger partial charge in [-0.3, -0.25) is 0 Å². The number of esters is 1. The van der Waals surface area contributed by atoms with Gasteiger partial charge < -0.3 is 4.74 Å². The predicted molar refractivity (Wildman–Crippen MR) is 52.2 cm³/mol. The molecule has 88 valence electrons. The zero-order chi connectivity index (χ0) is 12.3. The van der Waals surface area contributed by atoms with Crippen LogP contribution in [-0.2, 0) is 17.3 Å². The Hall–Kier alpha value is -1.52. The van der Waals surface area contributed by atoms with Gasteiger partial charge in [-0.05, 0) is 18.1 Å². The average molecular weight is 232 g/mol. The van der Waals surface area contributed by atoms with E-state index < -0.39 is 23.3 Å². The Kier molecular flexibility index (Phi) is 3.57. The second kappa shape index (κ2) is 4.55. The molecule has 5 heteroatoms. The molecule has 0 saturated heterocycles. The third kappa shape index (κ3) is 2.35. The number of methoxy groups -OCH3 is 1. The molecule has 0 radical (unpaired) electrons. The highest BCUT2D eigenvalue weighted by atomic mass is 19.4. The number of benzene rings is 1. The smallest absolute Gasteiger partial charge is 0.417 e. The molecule has 1 rings (SSSR count). The van der Waals surface area contributed by atoms with Gasteiger partial charge >= 0.3 is 12.1 Å². The van der Waals surface area contributed by atoms with Crippen molar-refractivity contribution in [3.63, 3.8) is 0 Å². The first-order chi connectivity index (χ1) is 7.41. The quantitative estimate of drug-likeness (QED) is 0.732. The van der Waals surface area contributed by atoms with Crippen molar-refractivity contribution in [2.45, 2.75) is 19.5 Å². The summed E-state index contributed by atoms with van der Waals surface area (Å²) in [4.78, 5) is 11.2. The first-order valence-corrected chi connectivity index (χ1v) is 4.69. The molecule has 0 spiro atoms. The number of alkyl halides is 3. The van der Waals surface area contributed by atoms with E-state index in [-0.39, 0.29) is 12.0 Å². The first kappa shape index (κ1) is 12.5. The van der Waals surface area contributed by atoms with Gasteiger partial charge in [-0.2, -0.15) is 13.2 Å². The summed E-state index contributed by atoms with van der Waals surface area (Å²) in [6.07, 6.45) is -4.34. The van der Waals surface area contributed by atoms with E-state index in [9.17, 15) is 18.0 Å². The molecule has 0 aliphatic heterocycles. The molecule has 0 saturated carbocycles. The maximum Gasteiger partial charge on any atom is 0.417 e. The lowest BCUT2D eigenvalue weighted by Gasteiger charge is -2.15. The van der Waals surface area contributed by atoms with Gasteiger partial charge in [0.25, 0.3) is 0 Å². The zero-order valence-corrected chi connectivity index (χ0v) is 8.89. The van der Waals surface area contributed by atoms with Crippen LogP contribution in [0.2, 0.25) is 0 Å². The molecule has 0 N–H and O–H groups in total. The Morgan fingerprint density at radius 3 is 2.44 bits per heavy atom. The highest BCUT2D eigenvalue weighted by Crippen LogP contribution is 2.35. The fourth-order valence-electron chi connectivity index (χ4n) is 1.51. The van der Waals surface area contributed by atoms with Gasteiger partial charge in [0.1, 0.15) is 0 Å². The van der Waals surface area contributed by atoms with Crippen molar-refractivity contribution >= 4 is 5.97 Å². The minimum atomic E-state index is -4.55. The van der Waals surface area contributed by atoms with Crippen LogP contribution in [0.25, 0.3) is 0 Å². The highest BCUT2D eigenvalue weighted by molar-refractivity contribution is 5.91. The number of carbonyl (C=O) groups is 1. The number of rotatable bonds is 2. The van der Waals surface area contributed by atoms with E-state index in [1.54, 1.807) is 6.92 Å². The van der Waals surface area contributed by atoms with Crippen molar-refractivity contribution in [3.05, 3.63) is 34.9 Å². The van der Waals surface area contributed by atoms with Gasteiger partial charge in [-0.1, -0.05) is 19.1 Å². The molecule has 2 nitrogen and oxygen atoms in total. The summed E-state index contributed by atoms with van der Waals surface area (Å²) in [6.45, 7) is 1.60. The molecule has 0 bridgehead atoms. The molecule has 16 heavy (non-hydrogen) atoms. The van der Waals surface area contributed by atoms with Crippen LogP contribution in [0.15, 0.2) is 18.2 Å². The maximum atomic E-state index is 12.8. The summed E-state index contributed by atoms with van der Waals surface area (Å²) in [6, 6.07) is 3.89. The Labute approximate surface area is 91.0 Å². The first-order valence-electron chi connectivity index (χ1n) is 4.69. The molecular weight excluding hydrogens is 221 g/mol. The minimum Gasteiger partial charge on any atom is -0.465 e. The number of aryl methyl sites for hydroxylation is 1. The number of hydrogen-bond donors (Lipinski definition) is 0. The van der Waals surface area contributed by atoms with Crippen LogP contribution in [0.3, 0.4) is 0 Å². The molecule has 0 atom stereocenters. The van der Waals surface area contributed by atoms with E-state index in [0.717, 1.165) is 13.2 Å². The van der Waals surface area contributed by atoms with Gasteiger partial charge in [-0.25, -0.2) is 4.79 Å². The SMILES string of the molecule is CCc1cccc(C(=O)OC)c1C(F)(F)F. The van der Waals surface area contributed by atoms with Crippen molar-refractivity contribution in [2.24, 2.45) is 0 Å². The van der Waals surface area contributed by atoms with E-state index in [4.69, 9.17) is 0 Å². The van der Waals surface area contributed by atoms with Crippen LogP contribution in [-0.4, -0.2) is 13.1 Å². The van der Waals surface area contributed by atoms with Gasteiger partial charge in [0.2, 0.25) is 0 Å². The number of hydrogen-bond acceptors (Lipinski definition) is 2. The minimum absolute atomic E-state index is 0.0930. The summed E-state index contributed by atoms with van der Waals surface area (Å²) < 4.78 is 42.7. The second-order valence-corrected chi connectivity index (χ2v) is 3.18. The molecule has 0 unspecified atom stereocenters. The van der Waals surface area contributed by atoms with Crippen LogP contribution >= 0.6 is 0 Å². The summed E-state index contributed by atoms with van der Waals surface area (Å²) in [5.41, 5.74) is -1.24. The molecule has 0 fully saturated rings. The maximum absolute atomic E-state index is 12.8. The van der Waals surface area contributed by atoms with E-state index >= 15 is 0 Å². The number of carbonyl (C=O) groups excluding carboxylic acids is 1. The van der Waals surface area contributed by atoms with Gasteiger partial charge in [-0.15, -0.1) is 0 Å². The molecule has 0 amide bonds. The van der Waals surface area contributed by atoms with Crippen molar-refractivity contribution in [1.82, 2.24) is 0 Å². The molecule has 1 aromatic rings. The zero-order valence-electron chi connectivity index (χ0n) is 8.89. The fourth-order valence-corrected chi connectivity index (χ4v) is 1.51. The monoisotopic (exact) mass is 232 g/mol. The molecular formula is C11H11F3O2. The summed E-state index contributed by atoms with van der Waals surface area (Å²) in [5, 5.41) is 0. The molecule has 1 aromatic carbocycles. The number of ether oxygens (including phenoxy) is 1. The second-order valence-electron chi connectivity index (χ2n) is 3.18. The third-order valence-corrected chi connectivity index (χ3v) is 2.22. The van der Waals surface area contributed by atoms with Crippen LogP contribution in [0.5, 0.6) is 0 Å². The van der Waals surface area contributed by atoms with Crippen molar-refractivity contribution in [3.8, 4) is 0 Å². The van der Waals surface area contributed by atoms with Crippen molar-refractivity contribution in [2.75, 3.05) is 7.11 Å². The Morgan fingerprint density at radius 1 is 1.38 bits per heavy atom. The Bertz CT molecular complexity index is 397. The normalized spacial score (nSPS) is 11.3. The van der Waals surface area contributed by atoms with E-state index in [1.165, 1.54) is 12.1 Å². The van der Waals surface area contributed by atoms with Crippen LogP contribution in [0, 0.1) is 0 Å². The van der Waals surface area contributed by atoms with Crippen LogP contribution in [0.4, 0.5) is 13.2 Å². The largest absolute Gasteiger partial charge is 0.465 e. The summed E-state index contributed by atoms with van der Waals surface area (Å²) in [7, 11) is 1.06.